The fourth-order valence-electron chi connectivity index (χ4n) is 3.26. The van der Waals surface area contributed by atoms with Crippen molar-refractivity contribution < 1.29 is 8.97 Å². The summed E-state index contributed by atoms with van der Waals surface area (Å²) in [7, 11) is 13.7. The maximum atomic E-state index is 2.28. The van der Waals surface area contributed by atoms with Gasteiger partial charge in [-0.25, -0.2) is 0 Å². The largest absolute Gasteiger partial charge is 0.331 e. The van der Waals surface area contributed by atoms with Crippen LogP contribution in [0, 0.1) is 0 Å². The first kappa shape index (κ1) is 29.1. The quantitative estimate of drug-likeness (QED) is 0.182. The molecule has 0 heterocycles. The van der Waals surface area contributed by atoms with Crippen LogP contribution in [-0.4, -0.2) is 64.3 Å². The Morgan fingerprint density at radius 3 is 0.778 bits per heavy atom. The van der Waals surface area contributed by atoms with Crippen LogP contribution >= 0.6 is 0 Å². The molecule has 0 amide bonds. The first-order valence-electron chi connectivity index (χ1n) is 12.2. The number of quaternary nitrogens is 2. The zero-order chi connectivity index (χ0) is 21.0. The van der Waals surface area contributed by atoms with Crippen LogP contribution in [0.15, 0.2) is 0 Å². The highest BCUT2D eigenvalue weighted by Gasteiger charge is 2.05. The second kappa shape index (κ2) is 19.2. The van der Waals surface area contributed by atoms with Gasteiger partial charge in [0.1, 0.15) is 0 Å². The topological polar surface area (TPSA) is 0 Å². The molecule has 2 nitrogen and oxygen atoms in total. The minimum atomic E-state index is 1.12. The van der Waals surface area contributed by atoms with Crippen molar-refractivity contribution in [1.29, 1.82) is 0 Å². The van der Waals surface area contributed by atoms with E-state index in [1.165, 1.54) is 109 Å². The molecule has 0 N–H and O–H groups in total. The molecule has 0 rings (SSSR count). The molecule has 27 heavy (non-hydrogen) atoms. The molecule has 0 radical (unpaired) electrons. The third-order valence-electron chi connectivity index (χ3n) is 5.11. The van der Waals surface area contributed by atoms with Crippen molar-refractivity contribution in [3.05, 3.63) is 0 Å². The van der Waals surface area contributed by atoms with Crippen molar-refractivity contribution >= 4 is 0 Å². The summed E-state index contributed by atoms with van der Waals surface area (Å²) in [6.07, 6.45) is 21.4. The molecule has 0 saturated heterocycles. The van der Waals surface area contributed by atoms with Crippen LogP contribution in [0.3, 0.4) is 0 Å². The summed E-state index contributed by atoms with van der Waals surface area (Å²) in [6.45, 7) is 7.21. The summed E-state index contributed by atoms with van der Waals surface area (Å²) in [5.74, 6) is 0. The Morgan fingerprint density at radius 2 is 0.556 bits per heavy atom. The molecule has 0 unspecified atom stereocenters. The summed E-state index contributed by atoms with van der Waals surface area (Å²) in [6, 6.07) is 0. The van der Waals surface area contributed by atoms with Crippen molar-refractivity contribution in [1.82, 2.24) is 0 Å². The Hall–Kier alpha value is -0.0800. The Balaban J connectivity index is 0. The molecule has 0 aliphatic heterocycles. The summed E-state index contributed by atoms with van der Waals surface area (Å²) in [4.78, 5) is 0. The average Bonchev–Trinajstić information content (AvgIpc) is 2.55. The van der Waals surface area contributed by atoms with E-state index in [0.717, 1.165) is 8.97 Å². The maximum absolute atomic E-state index is 2.28. The Kier molecular flexibility index (Phi) is 20.8. The van der Waals surface area contributed by atoms with Gasteiger partial charge in [-0.05, 0) is 25.7 Å². The standard InChI is InChI=1S/C13H30N.C12H28N/c1-5-6-7-8-9-10-11-12-13-14(2,3)4;1-5-6-7-8-9-10-11-12-13(2,3)4/h5-13H2,1-4H3;5-12H2,1-4H3/q2*+1. The predicted molar refractivity (Wildman–Crippen MR) is 126 cm³/mol. The SMILES string of the molecule is CCCCCCCCCC[N+](C)(C)C.CCCCCCCCC[N+](C)(C)C. The lowest BCUT2D eigenvalue weighted by molar-refractivity contribution is -0.870. The van der Waals surface area contributed by atoms with Crippen molar-refractivity contribution in [2.45, 2.75) is 110 Å². The predicted octanol–water partition coefficient (Wildman–Crippen LogP) is 7.28. The highest BCUT2D eigenvalue weighted by molar-refractivity contribution is 4.46. The maximum Gasteiger partial charge on any atom is 0.0780 e. The van der Waals surface area contributed by atoms with Gasteiger partial charge in [0.25, 0.3) is 0 Å². The average molecular weight is 387 g/mol. The van der Waals surface area contributed by atoms with Gasteiger partial charge >= 0.3 is 0 Å². The summed E-state index contributed by atoms with van der Waals surface area (Å²) in [5.41, 5.74) is 0. The van der Waals surface area contributed by atoms with Crippen LogP contribution in [0.4, 0.5) is 0 Å². The van der Waals surface area contributed by atoms with Gasteiger partial charge in [-0.2, -0.15) is 0 Å². The van der Waals surface area contributed by atoms with E-state index in [4.69, 9.17) is 0 Å². The van der Waals surface area contributed by atoms with E-state index in [9.17, 15) is 0 Å². The lowest BCUT2D eigenvalue weighted by Crippen LogP contribution is -2.35. The highest BCUT2D eigenvalue weighted by atomic mass is 15.3. The molecule has 0 aliphatic rings. The summed E-state index contributed by atoms with van der Waals surface area (Å²) in [5, 5.41) is 0. The van der Waals surface area contributed by atoms with Crippen LogP contribution in [0.25, 0.3) is 0 Å². The zero-order valence-corrected chi connectivity index (χ0v) is 20.9. The fraction of sp³-hybridized carbons (Fsp3) is 1.00. The second-order valence-corrected chi connectivity index (χ2v) is 10.6. The van der Waals surface area contributed by atoms with Crippen LogP contribution in [0.5, 0.6) is 0 Å². The highest BCUT2D eigenvalue weighted by Crippen LogP contribution is 2.09. The number of rotatable bonds is 17. The number of nitrogens with zero attached hydrogens (tertiary/aromatic N) is 2. The molecule has 0 saturated carbocycles. The van der Waals surface area contributed by atoms with Gasteiger partial charge in [-0.15, -0.1) is 0 Å². The molecule has 0 aromatic heterocycles. The van der Waals surface area contributed by atoms with Gasteiger partial charge in [0.05, 0.1) is 55.4 Å². The molecule has 2 heteroatoms. The minimum Gasteiger partial charge on any atom is -0.331 e. The molecule has 0 aromatic rings. The van der Waals surface area contributed by atoms with Crippen LogP contribution < -0.4 is 0 Å². The lowest BCUT2D eigenvalue weighted by Gasteiger charge is -2.23. The molecule has 0 aromatic carbocycles. The van der Waals surface area contributed by atoms with Gasteiger partial charge in [0, 0.05) is 0 Å². The van der Waals surface area contributed by atoms with Crippen molar-refractivity contribution in [3.8, 4) is 0 Å². The zero-order valence-electron chi connectivity index (χ0n) is 20.9. The monoisotopic (exact) mass is 386 g/mol. The Morgan fingerprint density at radius 1 is 0.333 bits per heavy atom. The van der Waals surface area contributed by atoms with Gasteiger partial charge in [-0.1, -0.05) is 84.5 Å². The van der Waals surface area contributed by atoms with E-state index in [1.54, 1.807) is 0 Å². The van der Waals surface area contributed by atoms with E-state index in [1.807, 2.05) is 0 Å². The van der Waals surface area contributed by atoms with Gasteiger partial charge in [0.15, 0.2) is 0 Å². The third kappa shape index (κ3) is 33.9. The van der Waals surface area contributed by atoms with Crippen molar-refractivity contribution in [2.24, 2.45) is 0 Å². The number of hydrogen-bond acceptors (Lipinski definition) is 0. The smallest absolute Gasteiger partial charge is 0.0780 e. The number of unbranched alkanes of at least 4 members (excludes halogenated alkanes) is 13. The first-order chi connectivity index (χ1) is 12.6. The van der Waals surface area contributed by atoms with Crippen LogP contribution in [-0.2, 0) is 0 Å². The first-order valence-corrected chi connectivity index (χ1v) is 12.2. The molecule has 0 fully saturated rings. The third-order valence-corrected chi connectivity index (χ3v) is 5.11. The van der Waals surface area contributed by atoms with Crippen LogP contribution in [0.1, 0.15) is 110 Å². The van der Waals surface area contributed by atoms with Gasteiger partial charge in [0.2, 0.25) is 0 Å². The molecular weight excluding hydrogens is 328 g/mol. The number of hydrogen-bond donors (Lipinski definition) is 0. The molecule has 166 valence electrons. The van der Waals surface area contributed by atoms with Crippen molar-refractivity contribution in [2.75, 3.05) is 55.4 Å². The molecule has 0 bridgehead atoms. The lowest BCUT2D eigenvalue weighted by atomic mass is 10.1. The Labute approximate surface area is 174 Å². The van der Waals surface area contributed by atoms with Gasteiger partial charge < -0.3 is 8.97 Å². The van der Waals surface area contributed by atoms with E-state index in [2.05, 4.69) is 56.1 Å². The second-order valence-electron chi connectivity index (χ2n) is 10.6. The van der Waals surface area contributed by atoms with E-state index >= 15 is 0 Å². The minimum absolute atomic E-state index is 1.12. The summed E-state index contributed by atoms with van der Waals surface area (Å²) >= 11 is 0. The fourth-order valence-corrected chi connectivity index (χ4v) is 3.26. The van der Waals surface area contributed by atoms with E-state index in [-0.39, 0.29) is 0 Å². The molecule has 0 atom stereocenters. The summed E-state index contributed by atoms with van der Waals surface area (Å²) < 4.78 is 2.24. The van der Waals surface area contributed by atoms with Crippen LogP contribution in [0.2, 0.25) is 0 Å². The van der Waals surface area contributed by atoms with E-state index < -0.39 is 0 Å². The molecular formula is C25H58N2+2. The van der Waals surface area contributed by atoms with E-state index in [0.29, 0.717) is 0 Å². The normalized spacial score (nSPS) is 12.0. The molecule has 0 aliphatic carbocycles. The Bertz CT molecular complexity index is 273. The van der Waals surface area contributed by atoms with Crippen molar-refractivity contribution in [3.63, 3.8) is 0 Å². The van der Waals surface area contributed by atoms with Gasteiger partial charge in [-0.3, -0.25) is 0 Å². The molecule has 0 spiro atoms.